The third kappa shape index (κ3) is 5.53. The highest BCUT2D eigenvalue weighted by Gasteiger charge is 2.53. The van der Waals surface area contributed by atoms with Crippen LogP contribution in [0.4, 0.5) is 14.9 Å². The average molecular weight is 486 g/mol. The Labute approximate surface area is 205 Å². The summed E-state index contributed by atoms with van der Waals surface area (Å²) >= 11 is 0. The van der Waals surface area contributed by atoms with Crippen molar-refractivity contribution in [3.05, 3.63) is 54.2 Å². The Kier molecular flexibility index (Phi) is 7.50. The minimum absolute atomic E-state index is 0.0168. The molecular formula is C27H36FN3O4. The van der Waals surface area contributed by atoms with E-state index in [0.29, 0.717) is 18.0 Å². The Morgan fingerprint density at radius 1 is 1.23 bits per heavy atom. The highest BCUT2D eigenvalue weighted by atomic mass is 19.1. The van der Waals surface area contributed by atoms with Crippen molar-refractivity contribution in [2.24, 2.45) is 29.1 Å². The molecule has 7 atom stereocenters. The number of benzene rings is 1. The van der Waals surface area contributed by atoms with Crippen molar-refractivity contribution >= 4 is 17.6 Å². The number of rotatable bonds is 6. The minimum atomic E-state index is -0.649. The molecule has 2 aromatic rings. The molecule has 2 fully saturated rings. The lowest BCUT2D eigenvalue weighted by Crippen LogP contribution is -2.58. The van der Waals surface area contributed by atoms with Crippen molar-refractivity contribution in [2.75, 3.05) is 5.32 Å². The van der Waals surface area contributed by atoms with Crippen molar-refractivity contribution in [3.63, 3.8) is 0 Å². The summed E-state index contributed by atoms with van der Waals surface area (Å²) in [5.74, 6) is -0.357. The van der Waals surface area contributed by atoms with Gasteiger partial charge in [-0.3, -0.25) is 4.79 Å². The van der Waals surface area contributed by atoms with Crippen molar-refractivity contribution in [3.8, 4) is 0 Å². The summed E-state index contributed by atoms with van der Waals surface area (Å²) in [6, 6.07) is 8.86. The molecule has 7 unspecified atom stereocenters. The van der Waals surface area contributed by atoms with Crippen LogP contribution in [0.1, 0.15) is 52.2 Å². The second kappa shape index (κ2) is 10.4. The van der Waals surface area contributed by atoms with E-state index >= 15 is 0 Å². The smallest absolute Gasteiger partial charge is 0.319 e. The zero-order chi connectivity index (χ0) is 25.2. The van der Waals surface area contributed by atoms with Gasteiger partial charge in [-0.2, -0.15) is 0 Å². The van der Waals surface area contributed by atoms with Gasteiger partial charge < -0.3 is 25.5 Å². The second-order valence-electron chi connectivity index (χ2n) is 10.6. The third-order valence-corrected chi connectivity index (χ3v) is 8.36. The van der Waals surface area contributed by atoms with Crippen LogP contribution in [-0.4, -0.2) is 29.2 Å². The van der Waals surface area contributed by atoms with Crippen LogP contribution in [0, 0.1) is 34.9 Å². The number of hydrogen-bond donors (Lipinski definition) is 4. The Balaban J connectivity index is 1.39. The number of nitrogens with one attached hydrogen (secondary N) is 3. The van der Waals surface area contributed by atoms with Gasteiger partial charge in [-0.15, -0.1) is 0 Å². The number of urea groups is 1. The molecule has 4 N–H and O–H groups in total. The number of carbonyl (C=O) groups is 2. The standard InChI is InChI=1S/C27H36FN3O4/c1-16(25(33)29-15-20-8-5-13-35-20)21-9-11-27(3)12-10-22(17(2)23(27)24(21)32)31-26(34)30-19-7-4-6-18(28)14-19/h4-8,13-14,16-17,21-24,32H,9-12,15H2,1-3H3,(H,29,33)(H2,30,31,34). The second-order valence-corrected chi connectivity index (χ2v) is 10.6. The van der Waals surface area contributed by atoms with E-state index in [9.17, 15) is 19.1 Å². The third-order valence-electron chi connectivity index (χ3n) is 8.36. The fraction of sp³-hybridized carbons (Fsp3) is 0.556. The minimum Gasteiger partial charge on any atom is -0.467 e. The van der Waals surface area contributed by atoms with Crippen molar-refractivity contribution in [1.82, 2.24) is 10.6 Å². The van der Waals surface area contributed by atoms with Crippen molar-refractivity contribution in [2.45, 2.75) is 65.1 Å². The lowest BCUT2D eigenvalue weighted by Gasteiger charge is -2.56. The average Bonchev–Trinajstić information content (AvgIpc) is 3.33. The van der Waals surface area contributed by atoms with Crippen LogP contribution < -0.4 is 16.0 Å². The molecule has 1 heterocycles. The van der Waals surface area contributed by atoms with E-state index in [-0.39, 0.29) is 47.1 Å². The van der Waals surface area contributed by atoms with Crippen LogP contribution in [0.25, 0.3) is 0 Å². The fourth-order valence-electron chi connectivity index (χ4n) is 6.34. The zero-order valence-corrected chi connectivity index (χ0v) is 20.6. The topological polar surface area (TPSA) is 104 Å². The molecule has 2 aliphatic carbocycles. The first-order valence-electron chi connectivity index (χ1n) is 12.5. The summed E-state index contributed by atoms with van der Waals surface area (Å²) < 4.78 is 18.7. The van der Waals surface area contributed by atoms with Crippen LogP contribution in [0.5, 0.6) is 0 Å². The van der Waals surface area contributed by atoms with E-state index in [0.717, 1.165) is 25.7 Å². The molecule has 2 saturated carbocycles. The molecule has 0 bridgehead atoms. The predicted molar refractivity (Wildman–Crippen MR) is 131 cm³/mol. The molecule has 8 heteroatoms. The number of fused-ring (bicyclic) bond motifs is 1. The van der Waals surface area contributed by atoms with E-state index in [4.69, 9.17) is 4.42 Å². The summed E-state index contributed by atoms with van der Waals surface area (Å²) in [5, 5.41) is 20.2. The molecule has 0 aliphatic heterocycles. The molecule has 0 spiro atoms. The Hall–Kier alpha value is -2.87. The molecule has 4 rings (SSSR count). The van der Waals surface area contributed by atoms with E-state index in [1.165, 1.54) is 12.1 Å². The maximum atomic E-state index is 13.5. The first-order valence-corrected chi connectivity index (χ1v) is 12.5. The van der Waals surface area contributed by atoms with Crippen LogP contribution in [0.15, 0.2) is 47.1 Å². The van der Waals surface area contributed by atoms with Gasteiger partial charge in [0.1, 0.15) is 11.6 Å². The van der Waals surface area contributed by atoms with E-state index in [2.05, 4.69) is 29.8 Å². The number of furan rings is 1. The largest absolute Gasteiger partial charge is 0.467 e. The van der Waals surface area contributed by atoms with E-state index < -0.39 is 11.9 Å². The van der Waals surface area contributed by atoms with Gasteiger partial charge in [0.25, 0.3) is 0 Å². The molecule has 3 amide bonds. The summed E-state index contributed by atoms with van der Waals surface area (Å²) in [6.07, 6.45) is 4.33. The normalized spacial score (nSPS) is 31.2. The maximum Gasteiger partial charge on any atom is 0.319 e. The highest BCUT2D eigenvalue weighted by Crippen LogP contribution is 2.55. The number of aliphatic hydroxyl groups excluding tert-OH is 1. The van der Waals surface area contributed by atoms with Gasteiger partial charge in [0.2, 0.25) is 5.91 Å². The van der Waals surface area contributed by atoms with Crippen molar-refractivity contribution < 1.29 is 23.5 Å². The fourth-order valence-corrected chi connectivity index (χ4v) is 6.34. The van der Waals surface area contributed by atoms with E-state index in [1.807, 2.05) is 13.0 Å². The van der Waals surface area contributed by atoms with Gasteiger partial charge in [-0.25, -0.2) is 9.18 Å². The SMILES string of the molecule is CC(C(=O)NCc1ccco1)C1CCC2(C)CCC(NC(=O)Nc3cccc(F)c3)C(C)C2C1O. The molecule has 0 radical (unpaired) electrons. The lowest BCUT2D eigenvalue weighted by molar-refractivity contribution is -0.142. The summed E-state index contributed by atoms with van der Waals surface area (Å²) in [7, 11) is 0. The van der Waals surface area contributed by atoms with Gasteiger partial charge in [-0.1, -0.05) is 26.8 Å². The van der Waals surface area contributed by atoms with Crippen LogP contribution in [0.2, 0.25) is 0 Å². The van der Waals surface area contributed by atoms with Crippen LogP contribution in [-0.2, 0) is 11.3 Å². The van der Waals surface area contributed by atoms with Crippen LogP contribution >= 0.6 is 0 Å². The quantitative estimate of drug-likeness (QED) is 0.477. The lowest BCUT2D eigenvalue weighted by atomic mass is 9.52. The molecule has 1 aromatic heterocycles. The van der Waals surface area contributed by atoms with Crippen LogP contribution in [0.3, 0.4) is 0 Å². The molecule has 7 nitrogen and oxygen atoms in total. The number of aliphatic hydroxyl groups is 1. The molecular weight excluding hydrogens is 449 g/mol. The van der Waals surface area contributed by atoms with Gasteiger partial charge in [0, 0.05) is 17.6 Å². The Morgan fingerprint density at radius 2 is 2.00 bits per heavy atom. The van der Waals surface area contributed by atoms with Gasteiger partial charge in [-0.05, 0) is 79.2 Å². The predicted octanol–water partition coefficient (Wildman–Crippen LogP) is 4.68. The summed E-state index contributed by atoms with van der Waals surface area (Å²) in [4.78, 5) is 25.5. The van der Waals surface area contributed by atoms with Crippen molar-refractivity contribution in [1.29, 1.82) is 0 Å². The number of amides is 3. The van der Waals surface area contributed by atoms with Gasteiger partial charge in [0.05, 0.1) is 18.9 Å². The van der Waals surface area contributed by atoms with E-state index in [1.54, 1.807) is 24.5 Å². The molecule has 190 valence electrons. The Bertz CT molecular complexity index is 1030. The monoisotopic (exact) mass is 485 g/mol. The number of anilines is 1. The molecule has 0 saturated heterocycles. The highest BCUT2D eigenvalue weighted by molar-refractivity contribution is 5.89. The molecule has 1 aromatic carbocycles. The maximum absolute atomic E-state index is 13.5. The Morgan fingerprint density at radius 3 is 2.71 bits per heavy atom. The number of hydrogen-bond acceptors (Lipinski definition) is 4. The first-order chi connectivity index (χ1) is 16.7. The summed E-state index contributed by atoms with van der Waals surface area (Å²) in [5.41, 5.74) is 0.347. The number of carbonyl (C=O) groups excluding carboxylic acids is 2. The number of halogens is 1. The van der Waals surface area contributed by atoms with Gasteiger partial charge >= 0.3 is 6.03 Å². The summed E-state index contributed by atoms with van der Waals surface area (Å²) in [6.45, 7) is 6.49. The zero-order valence-electron chi connectivity index (χ0n) is 20.6. The molecule has 35 heavy (non-hydrogen) atoms. The first kappa shape index (κ1) is 25.2. The van der Waals surface area contributed by atoms with Gasteiger partial charge in [0.15, 0.2) is 0 Å². The molecule has 2 aliphatic rings.